The first kappa shape index (κ1) is 26.1. The second kappa shape index (κ2) is 11.6. The summed E-state index contributed by atoms with van der Waals surface area (Å²) < 4.78 is 21.9. The quantitative estimate of drug-likeness (QED) is 0.194. The predicted octanol–water partition coefficient (Wildman–Crippen LogP) is 8.42. The lowest BCUT2D eigenvalue weighted by molar-refractivity contribution is -0.130. The number of halogens is 2. The number of hydrogen-bond donors (Lipinski definition) is 0. The van der Waals surface area contributed by atoms with Gasteiger partial charge in [-0.3, -0.25) is 4.79 Å². The molecule has 1 atom stereocenters. The Morgan fingerprint density at radius 3 is 2.40 bits per heavy atom. The molecule has 0 unspecified atom stereocenters. The van der Waals surface area contributed by atoms with E-state index in [1.165, 1.54) is 12.1 Å². The molecule has 202 valence electrons. The normalized spacial score (nSPS) is 14.0. The maximum absolute atomic E-state index is 13.6. The fraction of sp³-hybridized carbons (Fsp3) is 0.206. The van der Waals surface area contributed by atoms with E-state index in [2.05, 4.69) is 29.0 Å². The summed E-state index contributed by atoms with van der Waals surface area (Å²) in [7, 11) is 0. The minimum absolute atomic E-state index is 0.166. The predicted molar refractivity (Wildman–Crippen MR) is 158 cm³/mol. The molecule has 1 saturated heterocycles. The van der Waals surface area contributed by atoms with Gasteiger partial charge in [0.2, 0.25) is 5.91 Å². The van der Waals surface area contributed by atoms with E-state index in [4.69, 9.17) is 16.3 Å². The summed E-state index contributed by atoms with van der Waals surface area (Å²) in [5, 5.41) is 1.76. The SMILES string of the molecule is O=C(C[C@H](c1cccc(Oc2ccc(Cl)cc2)c1)c1cn(Cc2ccc(F)cc2)c2ccccc12)N1CCCC1. The van der Waals surface area contributed by atoms with E-state index in [1.807, 2.05) is 59.5 Å². The summed E-state index contributed by atoms with van der Waals surface area (Å²) in [6, 6.07) is 30.2. The van der Waals surface area contributed by atoms with Gasteiger partial charge in [-0.1, -0.05) is 54.1 Å². The Balaban J connectivity index is 1.40. The molecule has 4 aromatic carbocycles. The summed E-state index contributed by atoms with van der Waals surface area (Å²) in [6.07, 6.45) is 4.63. The molecule has 4 nitrogen and oxygen atoms in total. The van der Waals surface area contributed by atoms with Crippen molar-refractivity contribution in [1.82, 2.24) is 9.47 Å². The van der Waals surface area contributed by atoms with Crippen LogP contribution in [0, 0.1) is 5.82 Å². The molecule has 1 fully saturated rings. The fourth-order valence-corrected chi connectivity index (χ4v) is 5.71. The lowest BCUT2D eigenvalue weighted by Crippen LogP contribution is -2.29. The summed E-state index contributed by atoms with van der Waals surface area (Å²) >= 11 is 6.05. The van der Waals surface area contributed by atoms with Gasteiger partial charge < -0.3 is 14.2 Å². The zero-order chi connectivity index (χ0) is 27.5. The van der Waals surface area contributed by atoms with Crippen molar-refractivity contribution in [2.45, 2.75) is 31.7 Å². The van der Waals surface area contributed by atoms with Gasteiger partial charge in [-0.2, -0.15) is 0 Å². The van der Waals surface area contributed by atoms with E-state index in [-0.39, 0.29) is 17.6 Å². The highest BCUT2D eigenvalue weighted by Crippen LogP contribution is 2.37. The highest BCUT2D eigenvalue weighted by molar-refractivity contribution is 6.30. The van der Waals surface area contributed by atoms with Crippen LogP contribution in [0.2, 0.25) is 5.02 Å². The molecule has 1 aliphatic heterocycles. The zero-order valence-corrected chi connectivity index (χ0v) is 22.9. The smallest absolute Gasteiger partial charge is 0.223 e. The van der Waals surface area contributed by atoms with Gasteiger partial charge in [0.25, 0.3) is 0 Å². The van der Waals surface area contributed by atoms with Crippen LogP contribution in [-0.2, 0) is 11.3 Å². The Bertz CT molecular complexity index is 1620. The molecule has 5 aromatic rings. The maximum Gasteiger partial charge on any atom is 0.223 e. The Kier molecular flexibility index (Phi) is 7.56. The van der Waals surface area contributed by atoms with Crippen LogP contribution in [0.5, 0.6) is 11.5 Å². The molecular formula is C34H30ClFN2O2. The monoisotopic (exact) mass is 552 g/mol. The number of aromatic nitrogens is 1. The van der Waals surface area contributed by atoms with Crippen molar-refractivity contribution in [3.8, 4) is 11.5 Å². The van der Waals surface area contributed by atoms with Crippen LogP contribution in [0.3, 0.4) is 0 Å². The van der Waals surface area contributed by atoms with Crippen molar-refractivity contribution >= 4 is 28.4 Å². The van der Waals surface area contributed by atoms with Crippen molar-refractivity contribution in [3.05, 3.63) is 131 Å². The first-order chi connectivity index (χ1) is 19.5. The molecule has 0 N–H and O–H groups in total. The lowest BCUT2D eigenvalue weighted by Gasteiger charge is -2.22. The van der Waals surface area contributed by atoms with Gasteiger partial charge >= 0.3 is 0 Å². The minimum Gasteiger partial charge on any atom is -0.457 e. The van der Waals surface area contributed by atoms with Crippen LogP contribution in [0.25, 0.3) is 10.9 Å². The third-order valence-electron chi connectivity index (χ3n) is 7.61. The first-order valence-corrected chi connectivity index (χ1v) is 14.0. The van der Waals surface area contributed by atoms with Crippen molar-refractivity contribution in [2.75, 3.05) is 13.1 Å². The van der Waals surface area contributed by atoms with Gasteiger partial charge in [0.1, 0.15) is 17.3 Å². The number of likely N-dealkylation sites (tertiary alicyclic amines) is 1. The van der Waals surface area contributed by atoms with Crippen molar-refractivity contribution < 1.29 is 13.9 Å². The molecular weight excluding hydrogens is 523 g/mol. The van der Waals surface area contributed by atoms with Gasteiger partial charge in [0, 0.05) is 54.1 Å². The van der Waals surface area contributed by atoms with Crippen LogP contribution in [0.1, 0.15) is 41.9 Å². The number of carbonyl (C=O) groups excluding carboxylic acids is 1. The van der Waals surface area contributed by atoms with Crippen LogP contribution in [-0.4, -0.2) is 28.5 Å². The third-order valence-corrected chi connectivity index (χ3v) is 7.86. The Morgan fingerprint density at radius 2 is 1.62 bits per heavy atom. The number of nitrogens with zero attached hydrogens (tertiary/aromatic N) is 2. The Hall–Kier alpha value is -4.09. The summed E-state index contributed by atoms with van der Waals surface area (Å²) in [5.74, 6) is 1.15. The number of ether oxygens (including phenoxy) is 1. The van der Waals surface area contributed by atoms with Crippen LogP contribution in [0.15, 0.2) is 103 Å². The molecule has 1 aliphatic rings. The highest BCUT2D eigenvalue weighted by atomic mass is 35.5. The van der Waals surface area contributed by atoms with Crippen molar-refractivity contribution in [1.29, 1.82) is 0 Å². The summed E-state index contributed by atoms with van der Waals surface area (Å²) in [4.78, 5) is 15.5. The zero-order valence-electron chi connectivity index (χ0n) is 22.1. The van der Waals surface area contributed by atoms with Crippen LogP contribution in [0.4, 0.5) is 4.39 Å². The highest BCUT2D eigenvalue weighted by Gasteiger charge is 2.27. The Morgan fingerprint density at radius 1 is 0.875 bits per heavy atom. The van der Waals surface area contributed by atoms with Gasteiger partial charge in [-0.05, 0) is 84.1 Å². The largest absolute Gasteiger partial charge is 0.457 e. The van der Waals surface area contributed by atoms with Crippen LogP contribution >= 0.6 is 11.6 Å². The molecule has 0 radical (unpaired) electrons. The number of carbonyl (C=O) groups is 1. The molecule has 40 heavy (non-hydrogen) atoms. The summed E-state index contributed by atoms with van der Waals surface area (Å²) in [5.41, 5.74) is 4.20. The number of amides is 1. The standard InChI is InChI=1S/C34H30ClFN2O2/c35-26-12-16-28(17-13-26)40-29-7-5-6-25(20-29)31(21-34(39)37-18-3-4-19-37)32-23-38(33-9-2-1-8-30(32)33)22-24-10-14-27(36)15-11-24/h1-2,5-17,20,23,31H,3-4,18-19,21-22H2/t31-/m1/s1. The van der Waals surface area contributed by atoms with E-state index >= 15 is 0 Å². The second-order valence-corrected chi connectivity index (χ2v) is 10.8. The number of rotatable bonds is 8. The molecule has 0 aliphatic carbocycles. The van der Waals surface area contributed by atoms with E-state index in [1.54, 1.807) is 12.1 Å². The number of para-hydroxylation sites is 1. The summed E-state index contributed by atoms with van der Waals surface area (Å²) in [6.45, 7) is 2.24. The lowest BCUT2D eigenvalue weighted by atomic mass is 9.87. The van der Waals surface area contributed by atoms with Gasteiger partial charge in [-0.25, -0.2) is 4.39 Å². The Labute approximate surface area is 238 Å². The number of hydrogen-bond acceptors (Lipinski definition) is 2. The fourth-order valence-electron chi connectivity index (χ4n) is 5.58. The van der Waals surface area contributed by atoms with E-state index in [9.17, 15) is 9.18 Å². The number of fused-ring (bicyclic) bond motifs is 1. The van der Waals surface area contributed by atoms with Gasteiger partial charge in [0.05, 0.1) is 0 Å². The van der Waals surface area contributed by atoms with E-state index < -0.39 is 0 Å². The van der Waals surface area contributed by atoms with E-state index in [0.29, 0.717) is 29.5 Å². The number of benzene rings is 4. The first-order valence-electron chi connectivity index (χ1n) is 13.7. The van der Waals surface area contributed by atoms with E-state index in [0.717, 1.165) is 53.5 Å². The third kappa shape index (κ3) is 5.75. The molecule has 1 amide bonds. The molecule has 2 heterocycles. The topological polar surface area (TPSA) is 34.5 Å². The molecule has 6 heteroatoms. The molecule has 0 bridgehead atoms. The van der Waals surface area contributed by atoms with Crippen LogP contribution < -0.4 is 4.74 Å². The second-order valence-electron chi connectivity index (χ2n) is 10.3. The average molecular weight is 553 g/mol. The van der Waals surface area contributed by atoms with Crippen molar-refractivity contribution in [3.63, 3.8) is 0 Å². The molecule has 1 aromatic heterocycles. The molecule has 0 saturated carbocycles. The molecule has 0 spiro atoms. The molecule has 6 rings (SSSR count). The van der Waals surface area contributed by atoms with Gasteiger partial charge in [-0.15, -0.1) is 0 Å². The minimum atomic E-state index is -0.247. The average Bonchev–Trinajstić information content (AvgIpc) is 3.64. The van der Waals surface area contributed by atoms with Gasteiger partial charge in [0.15, 0.2) is 0 Å². The maximum atomic E-state index is 13.6. The van der Waals surface area contributed by atoms with Crippen molar-refractivity contribution in [2.24, 2.45) is 0 Å².